The van der Waals surface area contributed by atoms with Gasteiger partial charge in [-0.2, -0.15) is 0 Å². The number of nitrogens with zero attached hydrogens (tertiary/aromatic N) is 2. The fourth-order valence-corrected chi connectivity index (χ4v) is 3.21. The van der Waals surface area contributed by atoms with Gasteiger partial charge in [-0.25, -0.2) is 8.42 Å². The van der Waals surface area contributed by atoms with Crippen LogP contribution in [-0.4, -0.2) is 23.7 Å². The molecule has 2 N–H and O–H groups in total. The van der Waals surface area contributed by atoms with Crippen LogP contribution in [0.3, 0.4) is 0 Å². The molecule has 17 heavy (non-hydrogen) atoms. The quantitative estimate of drug-likeness (QED) is 0.859. The lowest BCUT2D eigenvalue weighted by atomic mass is 10.2. The number of nitrogens with one attached hydrogen (secondary N) is 1. The SMILES string of the molecule is O=S(=O)(Nc1nncs1)c1ccccc1CO. The van der Waals surface area contributed by atoms with E-state index in [2.05, 4.69) is 14.9 Å². The van der Waals surface area contributed by atoms with E-state index >= 15 is 0 Å². The van der Waals surface area contributed by atoms with Crippen LogP contribution in [0.5, 0.6) is 0 Å². The molecule has 0 bridgehead atoms. The predicted octanol–water partition coefficient (Wildman–Crippen LogP) is 0.831. The maximum atomic E-state index is 12.0. The molecule has 0 unspecified atom stereocenters. The maximum Gasteiger partial charge on any atom is 0.264 e. The maximum absolute atomic E-state index is 12.0. The van der Waals surface area contributed by atoms with Crippen LogP contribution in [0, 0.1) is 0 Å². The number of anilines is 1. The van der Waals surface area contributed by atoms with E-state index in [0.717, 1.165) is 11.3 Å². The Morgan fingerprint density at radius 3 is 2.76 bits per heavy atom. The van der Waals surface area contributed by atoms with Gasteiger partial charge < -0.3 is 5.11 Å². The number of hydrogen-bond donors (Lipinski definition) is 2. The summed E-state index contributed by atoms with van der Waals surface area (Å²) < 4.78 is 26.3. The fourth-order valence-electron chi connectivity index (χ4n) is 1.28. The highest BCUT2D eigenvalue weighted by Gasteiger charge is 2.18. The Morgan fingerprint density at radius 1 is 1.35 bits per heavy atom. The smallest absolute Gasteiger partial charge is 0.264 e. The van der Waals surface area contributed by atoms with Crippen molar-refractivity contribution in [1.29, 1.82) is 0 Å². The average Bonchev–Trinajstić information content (AvgIpc) is 2.81. The second-order valence-electron chi connectivity index (χ2n) is 3.12. The van der Waals surface area contributed by atoms with E-state index in [1.54, 1.807) is 18.2 Å². The summed E-state index contributed by atoms with van der Waals surface area (Å²) in [4.78, 5) is 0.0395. The van der Waals surface area contributed by atoms with Crippen molar-refractivity contribution in [3.8, 4) is 0 Å². The molecule has 0 amide bonds. The Labute approximate surface area is 102 Å². The summed E-state index contributed by atoms with van der Waals surface area (Å²) in [6.07, 6.45) is 0. The van der Waals surface area contributed by atoms with Gasteiger partial charge in [0.05, 0.1) is 11.5 Å². The molecule has 0 radical (unpaired) electrons. The molecule has 0 aliphatic rings. The van der Waals surface area contributed by atoms with Crippen molar-refractivity contribution in [3.05, 3.63) is 35.3 Å². The first-order valence-electron chi connectivity index (χ1n) is 4.61. The zero-order valence-electron chi connectivity index (χ0n) is 8.57. The Hall–Kier alpha value is -1.51. The van der Waals surface area contributed by atoms with Gasteiger partial charge >= 0.3 is 0 Å². The lowest BCUT2D eigenvalue weighted by Crippen LogP contribution is -2.14. The minimum absolute atomic E-state index is 0.0395. The second-order valence-corrected chi connectivity index (χ2v) is 5.60. The van der Waals surface area contributed by atoms with E-state index in [9.17, 15) is 8.42 Å². The number of benzene rings is 1. The molecule has 90 valence electrons. The van der Waals surface area contributed by atoms with Crippen molar-refractivity contribution in [3.63, 3.8) is 0 Å². The lowest BCUT2D eigenvalue weighted by molar-refractivity contribution is 0.278. The normalized spacial score (nSPS) is 11.4. The van der Waals surface area contributed by atoms with Gasteiger partial charge in [0.15, 0.2) is 0 Å². The summed E-state index contributed by atoms with van der Waals surface area (Å²) in [6.45, 7) is -0.340. The van der Waals surface area contributed by atoms with Crippen molar-refractivity contribution >= 4 is 26.5 Å². The van der Waals surface area contributed by atoms with Gasteiger partial charge in [-0.05, 0) is 11.6 Å². The minimum Gasteiger partial charge on any atom is -0.392 e. The fraction of sp³-hybridized carbons (Fsp3) is 0.111. The lowest BCUT2D eigenvalue weighted by Gasteiger charge is -2.08. The summed E-state index contributed by atoms with van der Waals surface area (Å²) in [5, 5.41) is 16.4. The van der Waals surface area contributed by atoms with E-state index in [1.165, 1.54) is 11.6 Å². The number of aromatic nitrogens is 2. The minimum atomic E-state index is -3.73. The molecule has 0 saturated carbocycles. The second kappa shape index (κ2) is 4.78. The Morgan fingerprint density at radius 2 is 2.12 bits per heavy atom. The van der Waals surface area contributed by atoms with Crippen LogP contribution >= 0.6 is 11.3 Å². The first-order chi connectivity index (χ1) is 8.13. The molecule has 0 atom stereocenters. The molecule has 8 heteroatoms. The first-order valence-corrected chi connectivity index (χ1v) is 6.97. The van der Waals surface area contributed by atoms with Gasteiger partial charge in [-0.15, -0.1) is 10.2 Å². The molecule has 1 heterocycles. The van der Waals surface area contributed by atoms with E-state index in [0.29, 0.717) is 5.56 Å². The molecular weight excluding hydrogens is 262 g/mol. The third-order valence-corrected chi connectivity index (χ3v) is 4.19. The first kappa shape index (κ1) is 12.0. The van der Waals surface area contributed by atoms with Crippen LogP contribution in [0.15, 0.2) is 34.7 Å². The molecule has 1 aromatic carbocycles. The predicted molar refractivity (Wildman–Crippen MR) is 63.1 cm³/mol. The van der Waals surface area contributed by atoms with Gasteiger partial charge in [0, 0.05) is 0 Å². The van der Waals surface area contributed by atoms with E-state index in [1.807, 2.05) is 0 Å². The molecule has 0 fully saturated rings. The average molecular weight is 271 g/mol. The van der Waals surface area contributed by atoms with Crippen LogP contribution in [-0.2, 0) is 16.6 Å². The number of sulfonamides is 1. The van der Waals surface area contributed by atoms with Gasteiger partial charge in [0.1, 0.15) is 5.51 Å². The molecule has 2 rings (SSSR count). The standard InChI is InChI=1S/C9H9N3O3S2/c13-5-7-3-1-2-4-8(7)17(14,15)12-9-11-10-6-16-9/h1-4,6,13H,5H2,(H,11,12). The zero-order chi connectivity index (χ0) is 12.3. The van der Waals surface area contributed by atoms with Gasteiger partial charge in [0.2, 0.25) is 5.13 Å². The summed E-state index contributed by atoms with van der Waals surface area (Å²) in [6, 6.07) is 6.23. The Balaban J connectivity index is 2.38. The molecule has 0 aliphatic carbocycles. The van der Waals surface area contributed by atoms with Crippen LogP contribution < -0.4 is 4.72 Å². The monoisotopic (exact) mass is 271 g/mol. The zero-order valence-corrected chi connectivity index (χ0v) is 10.2. The van der Waals surface area contributed by atoms with Gasteiger partial charge in [0.25, 0.3) is 10.0 Å². The van der Waals surface area contributed by atoms with E-state index < -0.39 is 10.0 Å². The Kier molecular flexibility index (Phi) is 3.36. The molecule has 2 aromatic rings. The van der Waals surface area contributed by atoms with Gasteiger partial charge in [-0.1, -0.05) is 29.5 Å². The third kappa shape index (κ3) is 2.60. The van der Waals surface area contributed by atoms with Crippen molar-refractivity contribution in [1.82, 2.24) is 10.2 Å². The highest BCUT2D eigenvalue weighted by atomic mass is 32.2. The van der Waals surface area contributed by atoms with Crippen molar-refractivity contribution in [2.45, 2.75) is 11.5 Å². The number of aliphatic hydroxyl groups excluding tert-OH is 1. The number of rotatable bonds is 4. The summed E-state index contributed by atoms with van der Waals surface area (Å²) in [7, 11) is -3.73. The van der Waals surface area contributed by atoms with Crippen LogP contribution in [0.4, 0.5) is 5.13 Å². The Bertz CT molecular complexity index is 596. The molecule has 0 saturated heterocycles. The molecule has 0 aliphatic heterocycles. The topological polar surface area (TPSA) is 92.2 Å². The van der Waals surface area contributed by atoms with Crippen LogP contribution in [0.2, 0.25) is 0 Å². The summed E-state index contributed by atoms with van der Waals surface area (Å²) in [5.74, 6) is 0. The number of aliphatic hydroxyl groups is 1. The highest BCUT2D eigenvalue weighted by Crippen LogP contribution is 2.20. The van der Waals surface area contributed by atoms with Crippen LogP contribution in [0.25, 0.3) is 0 Å². The van der Waals surface area contributed by atoms with Crippen LogP contribution in [0.1, 0.15) is 5.56 Å². The summed E-state index contributed by atoms with van der Waals surface area (Å²) in [5.41, 5.74) is 1.76. The molecule has 0 spiro atoms. The van der Waals surface area contributed by atoms with Gasteiger partial charge in [-0.3, -0.25) is 4.72 Å². The van der Waals surface area contributed by atoms with E-state index in [-0.39, 0.29) is 16.6 Å². The number of hydrogen-bond acceptors (Lipinski definition) is 6. The largest absolute Gasteiger partial charge is 0.392 e. The van der Waals surface area contributed by atoms with Crippen molar-refractivity contribution in [2.24, 2.45) is 0 Å². The van der Waals surface area contributed by atoms with Crippen molar-refractivity contribution in [2.75, 3.05) is 4.72 Å². The van der Waals surface area contributed by atoms with Crippen molar-refractivity contribution < 1.29 is 13.5 Å². The van der Waals surface area contributed by atoms with E-state index in [4.69, 9.17) is 5.11 Å². The third-order valence-electron chi connectivity index (χ3n) is 2.01. The molecular formula is C9H9N3O3S2. The molecule has 6 nitrogen and oxygen atoms in total. The summed E-state index contributed by atoms with van der Waals surface area (Å²) >= 11 is 1.08. The molecule has 1 aromatic heterocycles. The highest BCUT2D eigenvalue weighted by molar-refractivity contribution is 7.93.